The lowest BCUT2D eigenvalue weighted by molar-refractivity contribution is 0.0517. The number of carbonyl (C=O) groups excluding carboxylic acids is 1. The van der Waals surface area contributed by atoms with Crippen LogP contribution in [0.3, 0.4) is 0 Å². The van der Waals surface area contributed by atoms with Gasteiger partial charge in [0, 0.05) is 0 Å². The minimum Gasteiger partial charge on any atom is -0.493 e. The number of benzene rings is 1. The van der Waals surface area contributed by atoms with Gasteiger partial charge < -0.3 is 14.2 Å². The van der Waals surface area contributed by atoms with Crippen LogP contribution in [0.5, 0.6) is 11.5 Å². The molecular weight excluding hydrogens is 220 g/mol. The van der Waals surface area contributed by atoms with Crippen molar-refractivity contribution in [1.82, 2.24) is 0 Å². The molecule has 0 amide bonds. The van der Waals surface area contributed by atoms with Crippen molar-refractivity contribution in [3.63, 3.8) is 0 Å². The van der Waals surface area contributed by atoms with Crippen LogP contribution < -0.4 is 9.47 Å². The Balaban J connectivity index is 3.12. The topological polar surface area (TPSA) is 44.8 Å². The van der Waals surface area contributed by atoms with Gasteiger partial charge in [0.25, 0.3) is 0 Å². The Morgan fingerprint density at radius 1 is 1.00 bits per heavy atom. The molecule has 0 saturated carbocycles. The lowest BCUT2D eigenvalue weighted by atomic mass is 10.2. The van der Waals surface area contributed by atoms with Crippen molar-refractivity contribution in [1.29, 1.82) is 0 Å². The van der Waals surface area contributed by atoms with E-state index in [-0.39, 0.29) is 0 Å². The molecule has 0 atom stereocenters. The molecule has 0 fully saturated rings. The zero-order valence-corrected chi connectivity index (χ0v) is 10.5. The summed E-state index contributed by atoms with van der Waals surface area (Å²) in [4.78, 5) is 11.9. The van der Waals surface area contributed by atoms with Crippen molar-refractivity contribution in [2.75, 3.05) is 19.8 Å². The number of carbonyl (C=O) groups is 1. The summed E-state index contributed by atoms with van der Waals surface area (Å²) in [5, 5.41) is 0. The Morgan fingerprint density at radius 3 is 1.94 bits per heavy atom. The van der Waals surface area contributed by atoms with Crippen molar-refractivity contribution in [2.24, 2.45) is 0 Å². The second kappa shape index (κ2) is 6.78. The molecule has 0 aliphatic carbocycles. The van der Waals surface area contributed by atoms with E-state index in [0.29, 0.717) is 36.9 Å². The summed E-state index contributed by atoms with van der Waals surface area (Å²) in [6.07, 6.45) is 0. The molecule has 0 aliphatic rings. The highest BCUT2D eigenvalue weighted by molar-refractivity contribution is 5.95. The fraction of sp³-hybridized carbons (Fsp3) is 0.462. The van der Waals surface area contributed by atoms with E-state index >= 15 is 0 Å². The Morgan fingerprint density at radius 2 is 1.53 bits per heavy atom. The van der Waals surface area contributed by atoms with Gasteiger partial charge in [-0.25, -0.2) is 4.79 Å². The third kappa shape index (κ3) is 3.37. The van der Waals surface area contributed by atoms with Crippen molar-refractivity contribution < 1.29 is 19.0 Å². The van der Waals surface area contributed by atoms with E-state index in [2.05, 4.69) is 0 Å². The summed E-state index contributed by atoms with van der Waals surface area (Å²) >= 11 is 0. The second-order valence-corrected chi connectivity index (χ2v) is 3.22. The summed E-state index contributed by atoms with van der Waals surface area (Å²) in [5.74, 6) is 0.578. The predicted octanol–water partition coefficient (Wildman–Crippen LogP) is 2.66. The SMILES string of the molecule is CCOC(=O)c1c(OCC)cccc1OCC. The highest BCUT2D eigenvalue weighted by atomic mass is 16.5. The van der Waals surface area contributed by atoms with E-state index in [4.69, 9.17) is 14.2 Å². The highest BCUT2D eigenvalue weighted by Gasteiger charge is 2.19. The standard InChI is InChI=1S/C13H18O4/c1-4-15-10-8-7-9-11(16-5-2)12(10)13(14)17-6-3/h7-9H,4-6H2,1-3H3. The van der Waals surface area contributed by atoms with E-state index in [9.17, 15) is 4.79 Å². The first kappa shape index (κ1) is 13.4. The lowest BCUT2D eigenvalue weighted by Gasteiger charge is -2.13. The van der Waals surface area contributed by atoms with E-state index in [1.165, 1.54) is 0 Å². The minimum atomic E-state index is -0.417. The van der Waals surface area contributed by atoms with E-state index in [1.807, 2.05) is 13.8 Å². The van der Waals surface area contributed by atoms with Crippen LogP contribution >= 0.6 is 0 Å². The predicted molar refractivity (Wildman–Crippen MR) is 64.7 cm³/mol. The Labute approximate surface area is 101 Å². The third-order valence-corrected chi connectivity index (χ3v) is 2.07. The summed E-state index contributed by atoms with van der Waals surface area (Å²) in [7, 11) is 0. The molecular formula is C13H18O4. The molecule has 0 heterocycles. The average molecular weight is 238 g/mol. The molecule has 1 aromatic rings. The van der Waals surface area contributed by atoms with Gasteiger partial charge in [-0.15, -0.1) is 0 Å². The molecule has 0 N–H and O–H groups in total. The van der Waals surface area contributed by atoms with Crippen molar-refractivity contribution in [2.45, 2.75) is 20.8 Å². The molecule has 0 aliphatic heterocycles. The smallest absolute Gasteiger partial charge is 0.345 e. The van der Waals surface area contributed by atoms with Crippen LogP contribution in [0.15, 0.2) is 18.2 Å². The molecule has 0 unspecified atom stereocenters. The summed E-state index contributed by atoms with van der Waals surface area (Å²) in [6, 6.07) is 5.26. The molecule has 4 heteroatoms. The van der Waals surface area contributed by atoms with E-state index in [1.54, 1.807) is 25.1 Å². The van der Waals surface area contributed by atoms with Gasteiger partial charge >= 0.3 is 5.97 Å². The molecule has 1 rings (SSSR count). The largest absolute Gasteiger partial charge is 0.493 e. The van der Waals surface area contributed by atoms with Gasteiger partial charge in [0.2, 0.25) is 0 Å². The number of rotatable bonds is 6. The van der Waals surface area contributed by atoms with Crippen LogP contribution in [0.4, 0.5) is 0 Å². The summed E-state index contributed by atoms with van der Waals surface area (Å²) < 4.78 is 15.8. The van der Waals surface area contributed by atoms with Crippen LogP contribution in [-0.4, -0.2) is 25.8 Å². The maximum absolute atomic E-state index is 11.9. The normalized spacial score (nSPS) is 9.82. The first-order valence-corrected chi connectivity index (χ1v) is 5.80. The molecule has 17 heavy (non-hydrogen) atoms. The van der Waals surface area contributed by atoms with Crippen molar-refractivity contribution in [3.05, 3.63) is 23.8 Å². The fourth-order valence-electron chi connectivity index (χ4n) is 1.47. The Kier molecular flexibility index (Phi) is 5.33. The van der Waals surface area contributed by atoms with Gasteiger partial charge in [-0.2, -0.15) is 0 Å². The zero-order valence-electron chi connectivity index (χ0n) is 10.5. The fourth-order valence-corrected chi connectivity index (χ4v) is 1.47. The molecule has 4 nitrogen and oxygen atoms in total. The van der Waals surface area contributed by atoms with Crippen LogP contribution in [0.1, 0.15) is 31.1 Å². The summed E-state index contributed by atoms with van der Waals surface area (Å²) in [6.45, 7) is 6.79. The van der Waals surface area contributed by atoms with Crippen LogP contribution in [0.25, 0.3) is 0 Å². The van der Waals surface area contributed by atoms with Gasteiger partial charge in [0.1, 0.15) is 17.1 Å². The maximum atomic E-state index is 11.9. The average Bonchev–Trinajstić information content (AvgIpc) is 2.30. The van der Waals surface area contributed by atoms with E-state index in [0.717, 1.165) is 0 Å². The number of ether oxygens (including phenoxy) is 3. The first-order valence-electron chi connectivity index (χ1n) is 5.80. The van der Waals surface area contributed by atoms with E-state index < -0.39 is 5.97 Å². The third-order valence-electron chi connectivity index (χ3n) is 2.07. The Bertz CT molecular complexity index is 349. The lowest BCUT2D eigenvalue weighted by Crippen LogP contribution is -2.10. The molecule has 0 radical (unpaired) electrons. The van der Waals surface area contributed by atoms with Gasteiger partial charge in [-0.05, 0) is 32.9 Å². The van der Waals surface area contributed by atoms with Crippen LogP contribution in [0.2, 0.25) is 0 Å². The molecule has 0 bridgehead atoms. The zero-order chi connectivity index (χ0) is 12.7. The number of esters is 1. The van der Waals surface area contributed by atoms with Gasteiger partial charge in [0.15, 0.2) is 0 Å². The molecule has 0 spiro atoms. The highest BCUT2D eigenvalue weighted by Crippen LogP contribution is 2.29. The van der Waals surface area contributed by atoms with Crippen molar-refractivity contribution >= 4 is 5.97 Å². The Hall–Kier alpha value is -1.71. The van der Waals surface area contributed by atoms with Gasteiger partial charge in [-0.3, -0.25) is 0 Å². The molecule has 94 valence electrons. The van der Waals surface area contributed by atoms with Crippen LogP contribution in [-0.2, 0) is 4.74 Å². The maximum Gasteiger partial charge on any atom is 0.345 e. The quantitative estimate of drug-likeness (QED) is 0.715. The first-order chi connectivity index (χ1) is 8.24. The van der Waals surface area contributed by atoms with Gasteiger partial charge in [-0.1, -0.05) is 6.07 Å². The van der Waals surface area contributed by atoms with Crippen LogP contribution in [0, 0.1) is 0 Å². The molecule has 1 aromatic carbocycles. The second-order valence-electron chi connectivity index (χ2n) is 3.22. The minimum absolute atomic E-state index is 0.324. The number of hydrogen-bond donors (Lipinski definition) is 0. The monoisotopic (exact) mass is 238 g/mol. The molecule has 0 saturated heterocycles. The van der Waals surface area contributed by atoms with Crippen molar-refractivity contribution in [3.8, 4) is 11.5 Å². The molecule has 0 aromatic heterocycles. The van der Waals surface area contributed by atoms with Gasteiger partial charge in [0.05, 0.1) is 19.8 Å². The number of hydrogen-bond acceptors (Lipinski definition) is 4. The summed E-state index contributed by atoms with van der Waals surface area (Å²) in [5.41, 5.74) is 0.359.